The normalized spacial score (nSPS) is 22.1. The number of nitrogens with zero attached hydrogens (tertiary/aromatic N) is 1. The van der Waals surface area contributed by atoms with Crippen molar-refractivity contribution in [3.63, 3.8) is 0 Å². The third-order valence-corrected chi connectivity index (χ3v) is 5.29. The smallest absolute Gasteiger partial charge is 0.497 e. The molecular weight excluding hydrogens is 321 g/mol. The minimum Gasteiger partial charge on any atom is -0.497 e. The predicted molar refractivity (Wildman–Crippen MR) is 95.4 cm³/mol. The molecule has 0 atom stereocenters. The largest absolute Gasteiger partial charge is 0.498 e. The van der Waals surface area contributed by atoms with E-state index >= 15 is 0 Å². The Balaban J connectivity index is 1.84. The maximum atomic E-state index is 12.7. The lowest BCUT2D eigenvalue weighted by Gasteiger charge is -2.32. The highest BCUT2D eigenvalue weighted by Crippen LogP contribution is 2.37. The van der Waals surface area contributed by atoms with E-state index in [4.69, 9.17) is 18.8 Å². The lowest BCUT2D eigenvalue weighted by Crippen LogP contribution is -2.41. The molecule has 7 heteroatoms. The van der Waals surface area contributed by atoms with E-state index in [1.165, 1.54) is 0 Å². The van der Waals surface area contributed by atoms with Gasteiger partial charge in [-0.2, -0.15) is 0 Å². The van der Waals surface area contributed by atoms with Gasteiger partial charge in [0.05, 0.1) is 31.5 Å². The Morgan fingerprint density at radius 1 is 1.12 bits per heavy atom. The Bertz CT molecular complexity index is 639. The van der Waals surface area contributed by atoms with Crippen molar-refractivity contribution in [2.45, 2.75) is 38.9 Å². The molecule has 2 aliphatic rings. The van der Waals surface area contributed by atoms with Crippen molar-refractivity contribution >= 4 is 18.5 Å². The molecule has 0 spiro atoms. The first kappa shape index (κ1) is 18.2. The van der Waals surface area contributed by atoms with E-state index in [1.54, 1.807) is 24.1 Å². The molecule has 2 saturated heterocycles. The molecule has 0 bridgehead atoms. The summed E-state index contributed by atoms with van der Waals surface area (Å²) in [5, 5.41) is 0. The van der Waals surface area contributed by atoms with Gasteiger partial charge in [0, 0.05) is 24.1 Å². The first-order valence-corrected chi connectivity index (χ1v) is 8.66. The summed E-state index contributed by atoms with van der Waals surface area (Å²) in [5.74, 6) is 0.583. The number of methoxy groups -OCH3 is 1. The van der Waals surface area contributed by atoms with Gasteiger partial charge in [0.25, 0.3) is 5.91 Å². The molecule has 136 valence electrons. The van der Waals surface area contributed by atoms with Crippen LogP contribution in [0.4, 0.5) is 0 Å². The minimum atomic E-state index is -0.521. The maximum Gasteiger partial charge on any atom is 0.498 e. The summed E-state index contributed by atoms with van der Waals surface area (Å²) in [4.78, 5) is 14.5. The number of carbonyl (C=O) groups excluding carboxylic acids is 1. The topological polar surface area (TPSA) is 57.2 Å². The van der Waals surface area contributed by atoms with Gasteiger partial charge in [0.1, 0.15) is 5.75 Å². The van der Waals surface area contributed by atoms with Crippen molar-refractivity contribution in [3.05, 3.63) is 23.8 Å². The molecule has 0 unspecified atom stereocenters. The summed E-state index contributed by atoms with van der Waals surface area (Å²) in [7, 11) is 1.07. The SMILES string of the molecule is COc1cc(C(=O)N2CCOCC2)ccc1B1OC(C)(C)C(C)(C)O1. The molecule has 1 amide bonds. The zero-order valence-electron chi connectivity index (χ0n) is 15.6. The van der Waals surface area contributed by atoms with Crippen LogP contribution in [0.1, 0.15) is 38.1 Å². The lowest BCUT2D eigenvalue weighted by atomic mass is 9.78. The second-order valence-corrected chi connectivity index (χ2v) is 7.45. The van der Waals surface area contributed by atoms with E-state index < -0.39 is 18.3 Å². The number of amides is 1. The van der Waals surface area contributed by atoms with E-state index in [0.717, 1.165) is 5.46 Å². The molecule has 0 aromatic heterocycles. The number of hydrogen-bond donors (Lipinski definition) is 0. The number of rotatable bonds is 3. The average Bonchev–Trinajstić information content (AvgIpc) is 2.82. The number of hydrogen-bond acceptors (Lipinski definition) is 5. The van der Waals surface area contributed by atoms with Crippen LogP contribution in [0, 0.1) is 0 Å². The molecule has 2 fully saturated rings. The second-order valence-electron chi connectivity index (χ2n) is 7.45. The summed E-state index contributed by atoms with van der Waals surface area (Å²) < 4.78 is 23.0. The van der Waals surface area contributed by atoms with Gasteiger partial charge in [-0.05, 0) is 39.8 Å². The van der Waals surface area contributed by atoms with E-state index in [-0.39, 0.29) is 5.91 Å². The summed E-state index contributed by atoms with van der Waals surface area (Å²) in [5.41, 5.74) is 0.536. The van der Waals surface area contributed by atoms with Crippen molar-refractivity contribution in [2.24, 2.45) is 0 Å². The number of carbonyl (C=O) groups is 1. The highest BCUT2D eigenvalue weighted by molar-refractivity contribution is 6.63. The number of morpholine rings is 1. The molecule has 0 N–H and O–H groups in total. The fourth-order valence-electron chi connectivity index (χ4n) is 2.96. The van der Waals surface area contributed by atoms with E-state index in [0.29, 0.717) is 37.6 Å². The highest BCUT2D eigenvalue weighted by atomic mass is 16.7. The van der Waals surface area contributed by atoms with Crippen molar-refractivity contribution in [1.82, 2.24) is 4.90 Å². The molecule has 1 aromatic carbocycles. The second kappa shape index (κ2) is 6.63. The molecule has 2 aliphatic heterocycles. The van der Waals surface area contributed by atoms with Crippen LogP contribution in [0.15, 0.2) is 18.2 Å². The summed E-state index contributed by atoms with van der Waals surface area (Å²) >= 11 is 0. The Morgan fingerprint density at radius 2 is 1.72 bits per heavy atom. The monoisotopic (exact) mass is 347 g/mol. The van der Waals surface area contributed by atoms with Crippen molar-refractivity contribution in [3.8, 4) is 5.75 Å². The molecule has 6 nitrogen and oxygen atoms in total. The molecule has 0 aliphatic carbocycles. The molecule has 2 heterocycles. The van der Waals surface area contributed by atoms with Crippen molar-refractivity contribution < 1.29 is 23.6 Å². The van der Waals surface area contributed by atoms with Gasteiger partial charge in [-0.25, -0.2) is 0 Å². The Kier molecular flexibility index (Phi) is 4.83. The number of benzene rings is 1. The predicted octanol–water partition coefficient (Wildman–Crippen LogP) is 1.47. The Hall–Kier alpha value is -1.57. The van der Waals surface area contributed by atoms with E-state index in [2.05, 4.69) is 0 Å². The quantitative estimate of drug-likeness (QED) is 0.775. The maximum absolute atomic E-state index is 12.7. The van der Waals surface area contributed by atoms with Crippen LogP contribution in [-0.2, 0) is 14.0 Å². The lowest BCUT2D eigenvalue weighted by molar-refractivity contribution is 0.00578. The van der Waals surface area contributed by atoms with Gasteiger partial charge >= 0.3 is 7.12 Å². The standard InChI is InChI=1S/C18H26BNO5/c1-17(2)18(3,4)25-19(24-17)14-7-6-13(12-15(14)22-5)16(21)20-8-10-23-11-9-20/h6-7,12H,8-11H2,1-5H3. The van der Waals surface area contributed by atoms with Crippen LogP contribution in [-0.4, -0.2) is 62.5 Å². The van der Waals surface area contributed by atoms with Gasteiger partial charge in [-0.3, -0.25) is 4.79 Å². The molecule has 1 aromatic rings. The van der Waals surface area contributed by atoms with Gasteiger partial charge in [-0.15, -0.1) is 0 Å². The fourth-order valence-corrected chi connectivity index (χ4v) is 2.96. The highest BCUT2D eigenvalue weighted by Gasteiger charge is 2.52. The van der Waals surface area contributed by atoms with Gasteiger partial charge < -0.3 is 23.7 Å². The summed E-state index contributed by atoms with van der Waals surface area (Å²) in [6.07, 6.45) is 0. The Morgan fingerprint density at radius 3 is 2.28 bits per heavy atom. The van der Waals surface area contributed by atoms with Crippen molar-refractivity contribution in [1.29, 1.82) is 0 Å². The molecule has 0 saturated carbocycles. The molecule has 25 heavy (non-hydrogen) atoms. The number of ether oxygens (including phenoxy) is 2. The first-order valence-electron chi connectivity index (χ1n) is 8.66. The fraction of sp³-hybridized carbons (Fsp3) is 0.611. The third-order valence-electron chi connectivity index (χ3n) is 5.29. The minimum absolute atomic E-state index is 0.0120. The average molecular weight is 347 g/mol. The van der Waals surface area contributed by atoms with Crippen LogP contribution in [0.25, 0.3) is 0 Å². The van der Waals surface area contributed by atoms with Gasteiger partial charge in [-0.1, -0.05) is 6.07 Å². The molecular formula is C18H26BNO5. The van der Waals surface area contributed by atoms with Crippen LogP contribution in [0.5, 0.6) is 5.75 Å². The van der Waals surface area contributed by atoms with E-state index in [9.17, 15) is 4.79 Å². The van der Waals surface area contributed by atoms with Crippen LogP contribution >= 0.6 is 0 Å². The van der Waals surface area contributed by atoms with Gasteiger partial charge in [0.2, 0.25) is 0 Å². The summed E-state index contributed by atoms with van der Waals surface area (Å²) in [6.45, 7) is 10.4. The van der Waals surface area contributed by atoms with Gasteiger partial charge in [0.15, 0.2) is 0 Å². The molecule has 0 radical (unpaired) electrons. The van der Waals surface area contributed by atoms with Crippen LogP contribution < -0.4 is 10.2 Å². The zero-order valence-corrected chi connectivity index (χ0v) is 15.6. The molecule has 3 rings (SSSR count). The third kappa shape index (κ3) is 3.41. The van der Waals surface area contributed by atoms with Crippen molar-refractivity contribution in [2.75, 3.05) is 33.4 Å². The zero-order chi connectivity index (χ0) is 18.2. The summed E-state index contributed by atoms with van der Waals surface area (Å²) in [6, 6.07) is 5.42. The van der Waals surface area contributed by atoms with E-state index in [1.807, 2.05) is 33.8 Å². The van der Waals surface area contributed by atoms with Crippen LogP contribution in [0.2, 0.25) is 0 Å². The first-order chi connectivity index (χ1) is 11.7. The van der Waals surface area contributed by atoms with Crippen LogP contribution in [0.3, 0.4) is 0 Å². The Labute approximate surface area is 149 Å².